The quantitative estimate of drug-likeness (QED) is 0.650. The summed E-state index contributed by atoms with van der Waals surface area (Å²) < 4.78 is 1.05. The normalized spacial score (nSPS) is 31.0. The highest BCUT2D eigenvalue weighted by Gasteiger charge is 2.64. The molecule has 0 radical (unpaired) electrons. The van der Waals surface area contributed by atoms with Gasteiger partial charge in [-0.05, 0) is 48.3 Å². The van der Waals surface area contributed by atoms with E-state index in [0.29, 0.717) is 5.92 Å². The third kappa shape index (κ3) is 2.78. The Morgan fingerprint density at radius 3 is 2.95 bits per heavy atom. The topological polar surface area (TPSA) is 41.5 Å². The Bertz CT molecular complexity index is 598. The molecule has 2 aliphatic rings. The minimum Gasteiger partial charge on any atom is -0.273 e. The van der Waals surface area contributed by atoms with Gasteiger partial charge in [-0.1, -0.05) is 47.8 Å². The van der Waals surface area contributed by atoms with Crippen LogP contribution in [0.1, 0.15) is 43.7 Å². The van der Waals surface area contributed by atoms with Crippen molar-refractivity contribution in [1.29, 1.82) is 0 Å². The second kappa shape index (κ2) is 5.56. The molecule has 3 rings (SSSR count). The van der Waals surface area contributed by atoms with E-state index in [4.69, 9.17) is 0 Å². The standard InChI is InChI=1S/C17H21BrN2O/c1-11-6-7-12(9-14(11)18)10-19-20-16(21)15-13-5-3-4-8-17(13,15)2/h6-7,9-10,13,15H,3-5,8H2,1-2H3,(H,20,21). The summed E-state index contributed by atoms with van der Waals surface area (Å²) in [5, 5.41) is 4.12. The maximum atomic E-state index is 12.3. The van der Waals surface area contributed by atoms with Crippen LogP contribution in [0.2, 0.25) is 0 Å². The van der Waals surface area contributed by atoms with Crippen molar-refractivity contribution in [3.8, 4) is 0 Å². The molecule has 1 aromatic rings. The molecule has 0 aliphatic heterocycles. The van der Waals surface area contributed by atoms with Gasteiger partial charge in [-0.2, -0.15) is 5.10 Å². The first kappa shape index (κ1) is 14.8. The summed E-state index contributed by atoms with van der Waals surface area (Å²) in [5.74, 6) is 0.837. The van der Waals surface area contributed by atoms with Crippen molar-refractivity contribution in [3.05, 3.63) is 33.8 Å². The number of halogens is 1. The van der Waals surface area contributed by atoms with Crippen LogP contribution in [0.3, 0.4) is 0 Å². The van der Waals surface area contributed by atoms with Gasteiger partial charge in [0.15, 0.2) is 0 Å². The number of nitrogens with one attached hydrogen (secondary N) is 1. The van der Waals surface area contributed by atoms with E-state index < -0.39 is 0 Å². The van der Waals surface area contributed by atoms with E-state index in [1.807, 2.05) is 25.1 Å². The number of hydrogen-bond donors (Lipinski definition) is 1. The summed E-state index contributed by atoms with van der Waals surface area (Å²) in [4.78, 5) is 12.3. The zero-order chi connectivity index (χ0) is 15.0. The van der Waals surface area contributed by atoms with Crippen LogP contribution in [0.25, 0.3) is 0 Å². The lowest BCUT2D eigenvalue weighted by Crippen LogP contribution is -2.22. The third-order valence-electron chi connectivity index (χ3n) is 5.20. The van der Waals surface area contributed by atoms with Crippen LogP contribution < -0.4 is 5.43 Å². The van der Waals surface area contributed by atoms with Gasteiger partial charge in [0.25, 0.3) is 0 Å². The Hall–Kier alpha value is -1.16. The van der Waals surface area contributed by atoms with Crippen molar-refractivity contribution in [2.75, 3.05) is 0 Å². The van der Waals surface area contributed by atoms with Gasteiger partial charge in [-0.15, -0.1) is 0 Å². The molecule has 3 unspecified atom stereocenters. The third-order valence-corrected chi connectivity index (χ3v) is 6.05. The van der Waals surface area contributed by atoms with Crippen molar-refractivity contribution < 1.29 is 4.79 Å². The second-order valence-electron chi connectivity index (χ2n) is 6.58. The fourth-order valence-electron chi connectivity index (χ4n) is 3.78. The smallest absolute Gasteiger partial charge is 0.244 e. The lowest BCUT2D eigenvalue weighted by atomic mass is 9.90. The van der Waals surface area contributed by atoms with E-state index in [9.17, 15) is 4.79 Å². The summed E-state index contributed by atoms with van der Waals surface area (Å²) in [5.41, 5.74) is 5.13. The predicted molar refractivity (Wildman–Crippen MR) is 88.2 cm³/mol. The maximum absolute atomic E-state index is 12.3. The van der Waals surface area contributed by atoms with Crippen LogP contribution >= 0.6 is 15.9 Å². The molecule has 1 amide bonds. The van der Waals surface area contributed by atoms with E-state index >= 15 is 0 Å². The Balaban J connectivity index is 1.59. The molecule has 4 heteroatoms. The van der Waals surface area contributed by atoms with Crippen LogP contribution in [0.5, 0.6) is 0 Å². The summed E-state index contributed by atoms with van der Waals surface area (Å²) in [6.07, 6.45) is 6.62. The lowest BCUT2D eigenvalue weighted by Gasteiger charge is -2.15. The average molecular weight is 349 g/mol. The summed E-state index contributed by atoms with van der Waals surface area (Å²) in [6, 6.07) is 6.03. The first-order valence-electron chi connectivity index (χ1n) is 7.61. The van der Waals surface area contributed by atoms with Crippen LogP contribution in [0.4, 0.5) is 0 Å². The fourth-order valence-corrected chi connectivity index (χ4v) is 4.18. The van der Waals surface area contributed by atoms with Gasteiger partial charge in [0, 0.05) is 10.4 Å². The number of hydrazone groups is 1. The zero-order valence-electron chi connectivity index (χ0n) is 12.5. The largest absolute Gasteiger partial charge is 0.273 e. The molecule has 21 heavy (non-hydrogen) atoms. The molecule has 2 aliphatic carbocycles. The number of carbonyl (C=O) groups excluding carboxylic acids is 1. The van der Waals surface area contributed by atoms with E-state index in [0.717, 1.165) is 10.0 Å². The zero-order valence-corrected chi connectivity index (χ0v) is 14.1. The van der Waals surface area contributed by atoms with Crippen molar-refractivity contribution in [3.63, 3.8) is 0 Å². The van der Waals surface area contributed by atoms with Gasteiger partial charge in [0.1, 0.15) is 0 Å². The number of nitrogens with zero attached hydrogens (tertiary/aromatic N) is 1. The molecule has 0 aromatic heterocycles. The van der Waals surface area contributed by atoms with Gasteiger partial charge >= 0.3 is 0 Å². The number of carbonyl (C=O) groups is 1. The van der Waals surface area contributed by atoms with Crippen LogP contribution in [-0.2, 0) is 4.79 Å². The van der Waals surface area contributed by atoms with Crippen molar-refractivity contribution in [2.24, 2.45) is 22.4 Å². The average Bonchev–Trinajstić information content (AvgIpc) is 3.08. The van der Waals surface area contributed by atoms with Crippen LogP contribution in [0, 0.1) is 24.2 Å². The van der Waals surface area contributed by atoms with Crippen LogP contribution in [-0.4, -0.2) is 12.1 Å². The van der Waals surface area contributed by atoms with Crippen molar-refractivity contribution in [2.45, 2.75) is 39.5 Å². The molecule has 0 heterocycles. The highest BCUT2D eigenvalue weighted by molar-refractivity contribution is 9.10. The Kier molecular flexibility index (Phi) is 3.91. The van der Waals surface area contributed by atoms with Gasteiger partial charge in [-0.3, -0.25) is 4.79 Å². The second-order valence-corrected chi connectivity index (χ2v) is 7.43. The molecule has 1 aromatic carbocycles. The molecule has 3 atom stereocenters. The molecular formula is C17H21BrN2O. The van der Waals surface area contributed by atoms with E-state index in [1.165, 1.54) is 31.2 Å². The first-order chi connectivity index (χ1) is 10.0. The fraction of sp³-hybridized carbons (Fsp3) is 0.529. The molecule has 2 saturated carbocycles. The number of hydrogen-bond acceptors (Lipinski definition) is 2. The van der Waals surface area contributed by atoms with Gasteiger partial charge < -0.3 is 0 Å². The molecule has 0 bridgehead atoms. The Morgan fingerprint density at radius 2 is 2.29 bits per heavy atom. The van der Waals surface area contributed by atoms with Crippen molar-refractivity contribution >= 4 is 28.1 Å². The van der Waals surface area contributed by atoms with Gasteiger partial charge in [0.05, 0.1) is 6.21 Å². The monoisotopic (exact) mass is 348 g/mol. The first-order valence-corrected chi connectivity index (χ1v) is 8.41. The van der Waals surface area contributed by atoms with Gasteiger partial charge in [0.2, 0.25) is 5.91 Å². The number of rotatable bonds is 3. The Morgan fingerprint density at radius 1 is 1.48 bits per heavy atom. The maximum Gasteiger partial charge on any atom is 0.244 e. The Labute approximate surface area is 134 Å². The number of amides is 1. The molecule has 0 saturated heterocycles. The molecule has 3 nitrogen and oxygen atoms in total. The summed E-state index contributed by atoms with van der Waals surface area (Å²) in [7, 11) is 0. The molecule has 1 N–H and O–H groups in total. The van der Waals surface area contributed by atoms with E-state index in [2.05, 4.69) is 33.4 Å². The highest BCUT2D eigenvalue weighted by atomic mass is 79.9. The predicted octanol–water partition coefficient (Wildman–Crippen LogP) is 4.03. The molecule has 2 fully saturated rings. The highest BCUT2D eigenvalue weighted by Crippen LogP contribution is 2.66. The molecular weight excluding hydrogens is 328 g/mol. The van der Waals surface area contributed by atoms with E-state index in [-0.39, 0.29) is 17.2 Å². The van der Waals surface area contributed by atoms with Crippen molar-refractivity contribution in [1.82, 2.24) is 5.43 Å². The minimum atomic E-state index is 0.0897. The molecule has 0 spiro atoms. The minimum absolute atomic E-state index is 0.0897. The van der Waals surface area contributed by atoms with E-state index in [1.54, 1.807) is 6.21 Å². The number of benzene rings is 1. The summed E-state index contributed by atoms with van der Waals surface area (Å²) in [6.45, 7) is 4.30. The number of fused-ring (bicyclic) bond motifs is 1. The number of aryl methyl sites for hydroxylation is 1. The lowest BCUT2D eigenvalue weighted by molar-refractivity contribution is -0.123. The SMILES string of the molecule is Cc1ccc(C=NNC(=O)C2C3CCCCC32C)cc1Br. The molecule has 112 valence electrons. The van der Waals surface area contributed by atoms with Crippen LogP contribution in [0.15, 0.2) is 27.8 Å². The summed E-state index contributed by atoms with van der Waals surface area (Å²) >= 11 is 3.50. The van der Waals surface area contributed by atoms with Gasteiger partial charge in [-0.25, -0.2) is 5.43 Å².